The molecule has 0 bridgehead atoms. The van der Waals surface area contributed by atoms with E-state index in [1.807, 2.05) is 6.07 Å². The lowest BCUT2D eigenvalue weighted by atomic mass is 10.0. The number of amides is 5. The third kappa shape index (κ3) is 12.8. The van der Waals surface area contributed by atoms with Gasteiger partial charge >= 0.3 is 18.1 Å². The van der Waals surface area contributed by atoms with Gasteiger partial charge in [0.25, 0.3) is 5.91 Å². The van der Waals surface area contributed by atoms with E-state index in [0.717, 1.165) is 16.9 Å². The van der Waals surface area contributed by atoms with E-state index < -0.39 is 48.1 Å². The molecule has 14 nitrogen and oxygen atoms in total. The topological polar surface area (TPSA) is 197 Å². The molecule has 6 N–H and O–H groups in total. The summed E-state index contributed by atoms with van der Waals surface area (Å²) >= 11 is 1.03. The first-order chi connectivity index (χ1) is 21.9. The second-order valence-corrected chi connectivity index (χ2v) is 11.8. The van der Waals surface area contributed by atoms with Crippen molar-refractivity contribution in [1.82, 2.24) is 26.3 Å². The first-order valence-corrected chi connectivity index (χ1v) is 15.3. The lowest BCUT2D eigenvalue weighted by Gasteiger charge is -2.19. The molecule has 0 aliphatic carbocycles. The van der Waals surface area contributed by atoms with Gasteiger partial charge in [0.1, 0.15) is 17.0 Å². The second-order valence-electron chi connectivity index (χ2n) is 10.9. The van der Waals surface area contributed by atoms with Crippen molar-refractivity contribution in [3.8, 4) is 5.75 Å². The van der Waals surface area contributed by atoms with Gasteiger partial charge in [0, 0.05) is 24.0 Å². The lowest BCUT2D eigenvalue weighted by Crippen LogP contribution is -2.39. The minimum Gasteiger partial charge on any atom is -0.493 e. The summed E-state index contributed by atoms with van der Waals surface area (Å²) in [5.41, 5.74) is 0.778. The Labute approximate surface area is 270 Å². The molecule has 3 aromatic rings. The number of carbonyl (C=O) groups excluding carboxylic acids is 4. The van der Waals surface area contributed by atoms with E-state index >= 15 is 0 Å². The summed E-state index contributed by atoms with van der Waals surface area (Å²) in [5, 5.41) is 23.8. The number of aliphatic carboxylic acids is 1. The molecular weight excluding hydrogens is 616 g/mol. The fraction of sp³-hybridized carbons (Fsp3) is 0.355. The maximum Gasteiger partial charge on any atom is 0.407 e. The fourth-order valence-electron chi connectivity index (χ4n) is 3.91. The number of nitrogens with one attached hydrogen (secondary N) is 5. The Bertz CT molecular complexity index is 1490. The van der Waals surface area contributed by atoms with Crippen molar-refractivity contribution in [2.45, 2.75) is 51.8 Å². The Morgan fingerprint density at radius 3 is 2.39 bits per heavy atom. The van der Waals surface area contributed by atoms with Crippen LogP contribution in [0.25, 0.3) is 0 Å². The van der Waals surface area contributed by atoms with Crippen molar-refractivity contribution < 1.29 is 38.6 Å². The highest BCUT2D eigenvalue weighted by atomic mass is 32.1. The van der Waals surface area contributed by atoms with E-state index in [1.165, 1.54) is 5.38 Å². The van der Waals surface area contributed by atoms with E-state index in [0.29, 0.717) is 30.9 Å². The van der Waals surface area contributed by atoms with Gasteiger partial charge < -0.3 is 35.8 Å². The highest BCUT2D eigenvalue weighted by molar-refractivity contribution is 7.14. The smallest absolute Gasteiger partial charge is 0.407 e. The highest BCUT2D eigenvalue weighted by Crippen LogP contribution is 2.19. The molecule has 15 heteroatoms. The molecule has 0 aliphatic rings. The summed E-state index contributed by atoms with van der Waals surface area (Å²) in [5.74, 6) is -1.71. The lowest BCUT2D eigenvalue weighted by molar-refractivity contribution is -0.137. The quantitative estimate of drug-likeness (QED) is 0.132. The summed E-state index contributed by atoms with van der Waals surface area (Å²) in [4.78, 5) is 64.6. The Kier molecular flexibility index (Phi) is 13.3. The molecule has 246 valence electrons. The number of hydrogen-bond acceptors (Lipinski definition) is 9. The number of nitrogens with zero attached hydrogens (tertiary/aromatic N) is 1. The molecule has 0 radical (unpaired) electrons. The van der Waals surface area contributed by atoms with Gasteiger partial charge in [-0.2, -0.15) is 0 Å². The van der Waals surface area contributed by atoms with Crippen molar-refractivity contribution >= 4 is 46.4 Å². The van der Waals surface area contributed by atoms with Crippen molar-refractivity contribution in [1.29, 1.82) is 0 Å². The average Bonchev–Trinajstić information content (AvgIpc) is 3.46. The zero-order valence-corrected chi connectivity index (χ0v) is 26.6. The standard InChI is InChI=1S/C31H38N6O8S/c1-31(2,3)45-30(43)32-14-9-15-44-24-13-8-7-12-21(24)17-34-28(42)37-29-36-23(19-46-29)27(41)33-18-25(38)35-22(16-26(39)40)20-10-5-4-6-11-20/h4-8,10-13,19,22H,9,14-18H2,1-3H3,(H,32,43)(H,33,41)(H,35,38)(H,39,40)(H2,34,36,37,42). The SMILES string of the molecule is CC(C)(C)OC(=O)NCCCOc1ccccc1CNC(=O)Nc1nc(C(=O)NCC(=O)NC(CC(=O)O)c2ccccc2)cs1. The van der Waals surface area contributed by atoms with Gasteiger partial charge in [-0.05, 0) is 38.8 Å². The molecule has 0 saturated heterocycles. The van der Waals surface area contributed by atoms with E-state index in [9.17, 15) is 29.1 Å². The van der Waals surface area contributed by atoms with Crippen molar-refractivity contribution in [3.63, 3.8) is 0 Å². The van der Waals surface area contributed by atoms with Gasteiger partial charge in [-0.3, -0.25) is 19.7 Å². The van der Waals surface area contributed by atoms with Gasteiger partial charge in [-0.15, -0.1) is 11.3 Å². The van der Waals surface area contributed by atoms with E-state index in [-0.39, 0.29) is 23.8 Å². The number of hydrogen-bond donors (Lipinski definition) is 6. The fourth-order valence-corrected chi connectivity index (χ4v) is 4.60. The van der Waals surface area contributed by atoms with Gasteiger partial charge in [0.05, 0.1) is 25.6 Å². The number of carboxylic acids is 1. The Balaban J connectivity index is 1.41. The van der Waals surface area contributed by atoms with Crippen molar-refractivity contribution in [3.05, 3.63) is 76.8 Å². The minimum atomic E-state index is -1.08. The molecule has 2 aromatic carbocycles. The van der Waals surface area contributed by atoms with Crippen LogP contribution in [0.15, 0.2) is 60.0 Å². The summed E-state index contributed by atoms with van der Waals surface area (Å²) in [7, 11) is 0. The zero-order valence-electron chi connectivity index (χ0n) is 25.8. The maximum atomic E-state index is 12.5. The normalized spacial score (nSPS) is 11.5. The third-order valence-electron chi connectivity index (χ3n) is 5.94. The molecule has 1 heterocycles. The monoisotopic (exact) mass is 654 g/mol. The zero-order chi connectivity index (χ0) is 33.5. The first kappa shape index (κ1) is 35.3. The molecular formula is C31H38N6O8S. The molecule has 5 amide bonds. The predicted molar refractivity (Wildman–Crippen MR) is 171 cm³/mol. The summed E-state index contributed by atoms with van der Waals surface area (Å²) in [6, 6.07) is 14.5. The number of benzene rings is 2. The summed E-state index contributed by atoms with van der Waals surface area (Å²) in [6.45, 7) is 5.82. The van der Waals surface area contributed by atoms with Gasteiger partial charge in [-0.25, -0.2) is 14.6 Å². The number of rotatable bonds is 15. The molecule has 0 fully saturated rings. The first-order valence-electron chi connectivity index (χ1n) is 14.4. The molecule has 3 rings (SSSR count). The van der Waals surface area contributed by atoms with E-state index in [1.54, 1.807) is 69.3 Å². The maximum absolute atomic E-state index is 12.5. The molecule has 0 spiro atoms. The summed E-state index contributed by atoms with van der Waals surface area (Å²) < 4.78 is 11.0. The largest absolute Gasteiger partial charge is 0.493 e. The number of aromatic nitrogens is 1. The van der Waals surface area contributed by atoms with Gasteiger partial charge in [0.2, 0.25) is 5.91 Å². The van der Waals surface area contributed by atoms with Crippen LogP contribution in [-0.2, 0) is 20.9 Å². The van der Waals surface area contributed by atoms with Crippen LogP contribution in [0.4, 0.5) is 14.7 Å². The van der Waals surface area contributed by atoms with Crippen molar-refractivity contribution in [2.24, 2.45) is 0 Å². The van der Waals surface area contributed by atoms with Crippen LogP contribution < -0.4 is 31.3 Å². The Morgan fingerprint density at radius 1 is 0.957 bits per heavy atom. The number of carbonyl (C=O) groups is 5. The van der Waals surface area contributed by atoms with Crippen LogP contribution in [0.3, 0.4) is 0 Å². The molecule has 1 aromatic heterocycles. The van der Waals surface area contributed by atoms with Crippen LogP contribution in [-0.4, -0.2) is 65.3 Å². The number of carboxylic acid groups (broad SMARTS) is 1. The number of urea groups is 1. The Morgan fingerprint density at radius 2 is 1.67 bits per heavy atom. The number of ether oxygens (including phenoxy) is 2. The molecule has 1 unspecified atom stereocenters. The third-order valence-corrected chi connectivity index (χ3v) is 6.70. The molecule has 1 atom stereocenters. The van der Waals surface area contributed by atoms with Crippen molar-refractivity contribution in [2.75, 3.05) is 25.0 Å². The molecule has 46 heavy (non-hydrogen) atoms. The van der Waals surface area contributed by atoms with Crippen LogP contribution in [0, 0.1) is 0 Å². The van der Waals surface area contributed by atoms with Gasteiger partial charge in [0.15, 0.2) is 5.13 Å². The summed E-state index contributed by atoms with van der Waals surface area (Å²) in [6.07, 6.45) is -0.267. The van der Waals surface area contributed by atoms with Crippen LogP contribution >= 0.6 is 11.3 Å². The second kappa shape index (κ2) is 17.3. The molecule has 0 aliphatic heterocycles. The molecule has 0 saturated carbocycles. The van der Waals surface area contributed by atoms with Crippen LogP contribution in [0.1, 0.15) is 61.3 Å². The number of para-hydroxylation sites is 1. The number of alkyl carbamates (subject to hydrolysis) is 1. The van der Waals surface area contributed by atoms with Crippen LogP contribution in [0.2, 0.25) is 0 Å². The van der Waals surface area contributed by atoms with Gasteiger partial charge in [-0.1, -0.05) is 48.5 Å². The van der Waals surface area contributed by atoms with E-state index in [4.69, 9.17) is 9.47 Å². The highest BCUT2D eigenvalue weighted by Gasteiger charge is 2.20. The van der Waals surface area contributed by atoms with E-state index in [2.05, 4.69) is 31.6 Å². The average molecular weight is 655 g/mol. The Hall–Kier alpha value is -5.18. The van der Waals surface area contributed by atoms with Crippen LogP contribution in [0.5, 0.6) is 5.75 Å². The number of thiazole rings is 1. The number of anilines is 1. The predicted octanol–water partition coefficient (Wildman–Crippen LogP) is 3.82. The minimum absolute atomic E-state index is 0.00171.